The Morgan fingerprint density at radius 3 is 1.81 bits per heavy atom. The second kappa shape index (κ2) is 10.1. The SMILES string of the molecule is COc1cc2c(c3oc4cc(C)ccc4c(=O)c13)[C@@H](OC(=O)[C@@]13CCC(C)(C(=O)O1)C3(C)C)[C@@H](OC(=O)[C@@]13CCC(C)(C(=O)O1)C3(C)C)C(C)(C)O2. The summed E-state index contributed by atoms with van der Waals surface area (Å²) in [4.78, 5) is 69.9. The van der Waals surface area contributed by atoms with Crippen LogP contribution in [-0.2, 0) is 38.1 Å². The predicted octanol–water partition coefficient (Wildman–Crippen LogP) is 6.17. The monoisotopic (exact) mass is 716 g/mol. The number of rotatable bonds is 5. The van der Waals surface area contributed by atoms with E-state index in [4.69, 9.17) is 32.8 Å². The lowest BCUT2D eigenvalue weighted by atomic mass is 9.66. The van der Waals surface area contributed by atoms with Crippen LogP contribution in [0.15, 0.2) is 33.5 Å². The minimum Gasteiger partial charge on any atom is -0.496 e. The standard InChI is InChI=1S/C40H44O12/c1-19-11-12-20-21(17-19)47-27-24(26(20)41)22(46-10)18-23-25(27)28(48-32(44)39-15-13-37(8,30(42)51-39)35(39,4)5)29(34(2,3)50-23)49-33(45)40-16-14-38(9,31(43)52-40)36(40,6)7/h11-12,17-18,28-29H,13-16H2,1-10H3/t28-,29-,37?,38?,39-,40-/m1/s1. The van der Waals surface area contributed by atoms with E-state index in [2.05, 4.69) is 0 Å². The predicted molar refractivity (Wildman–Crippen MR) is 185 cm³/mol. The highest BCUT2D eigenvalue weighted by Gasteiger charge is 2.78. The molecule has 4 fully saturated rings. The average Bonchev–Trinajstić information content (AvgIpc) is 3.53. The van der Waals surface area contributed by atoms with Crippen molar-refractivity contribution in [3.05, 3.63) is 45.6 Å². The molecule has 8 rings (SSSR count). The summed E-state index contributed by atoms with van der Waals surface area (Å²) in [7, 11) is 1.42. The van der Waals surface area contributed by atoms with Gasteiger partial charge in [-0.3, -0.25) is 14.4 Å². The minimum absolute atomic E-state index is 0.0162. The molecule has 0 radical (unpaired) electrons. The summed E-state index contributed by atoms with van der Waals surface area (Å²) < 4.78 is 43.5. The van der Waals surface area contributed by atoms with Crippen LogP contribution in [0.2, 0.25) is 0 Å². The third kappa shape index (κ3) is 3.80. The first-order valence-electron chi connectivity index (χ1n) is 17.8. The summed E-state index contributed by atoms with van der Waals surface area (Å²) >= 11 is 0. The van der Waals surface area contributed by atoms with Gasteiger partial charge in [0.1, 0.15) is 28.1 Å². The molecule has 4 heterocycles. The van der Waals surface area contributed by atoms with Crippen molar-refractivity contribution in [1.82, 2.24) is 0 Å². The number of carbonyl (C=O) groups is 4. The summed E-state index contributed by atoms with van der Waals surface area (Å²) in [5.41, 5.74) is -7.49. The molecule has 2 aliphatic carbocycles. The fraction of sp³-hybridized carbons (Fsp3) is 0.575. The van der Waals surface area contributed by atoms with Gasteiger partial charge in [-0.25, -0.2) is 9.59 Å². The minimum atomic E-state index is -1.64. The quantitative estimate of drug-likeness (QED) is 0.168. The molecule has 52 heavy (non-hydrogen) atoms. The van der Waals surface area contributed by atoms with Gasteiger partial charge in [0.25, 0.3) is 0 Å². The molecule has 0 amide bonds. The maximum absolute atomic E-state index is 14.7. The Hall–Kier alpha value is -4.61. The Labute approximate surface area is 300 Å². The molecule has 3 aromatic rings. The second-order valence-electron chi connectivity index (χ2n) is 17.3. The smallest absolute Gasteiger partial charge is 0.351 e. The number of ether oxygens (including phenoxy) is 6. The molecule has 4 bridgehead atoms. The van der Waals surface area contributed by atoms with Gasteiger partial charge in [-0.05, 0) is 78.0 Å². The molecule has 0 spiro atoms. The van der Waals surface area contributed by atoms with E-state index in [-0.39, 0.29) is 51.9 Å². The fourth-order valence-electron chi connectivity index (χ4n) is 9.62. The molecule has 6 atom stereocenters. The van der Waals surface area contributed by atoms with Gasteiger partial charge in [-0.15, -0.1) is 0 Å². The number of benzene rings is 2. The lowest BCUT2D eigenvalue weighted by Crippen LogP contribution is -2.57. The van der Waals surface area contributed by atoms with E-state index in [9.17, 15) is 24.0 Å². The van der Waals surface area contributed by atoms with Crippen molar-refractivity contribution >= 4 is 45.8 Å². The van der Waals surface area contributed by atoms with Crippen LogP contribution in [0.1, 0.15) is 98.3 Å². The molecule has 2 saturated carbocycles. The van der Waals surface area contributed by atoms with E-state index in [1.165, 1.54) is 13.2 Å². The van der Waals surface area contributed by atoms with E-state index in [1.807, 2.05) is 34.6 Å². The Kier molecular flexibility index (Phi) is 6.68. The van der Waals surface area contributed by atoms with Crippen molar-refractivity contribution in [1.29, 1.82) is 0 Å². The summed E-state index contributed by atoms with van der Waals surface area (Å²) in [6.07, 6.45) is -1.53. The van der Waals surface area contributed by atoms with Gasteiger partial charge in [0.2, 0.25) is 16.6 Å². The molecular formula is C40H44O12. The molecule has 5 aliphatic rings. The lowest BCUT2D eigenvalue weighted by molar-refractivity contribution is -0.217. The van der Waals surface area contributed by atoms with Crippen LogP contribution in [-0.4, -0.2) is 53.9 Å². The molecule has 276 valence electrons. The zero-order valence-electron chi connectivity index (χ0n) is 31.2. The fourth-order valence-corrected chi connectivity index (χ4v) is 9.62. The third-order valence-corrected chi connectivity index (χ3v) is 14.2. The van der Waals surface area contributed by atoms with Crippen LogP contribution in [0.3, 0.4) is 0 Å². The number of methoxy groups -OCH3 is 1. The second-order valence-corrected chi connectivity index (χ2v) is 17.3. The zero-order valence-corrected chi connectivity index (χ0v) is 31.2. The first-order chi connectivity index (χ1) is 24.1. The van der Waals surface area contributed by atoms with Crippen LogP contribution >= 0.6 is 0 Å². The summed E-state index contributed by atoms with van der Waals surface area (Å²) in [5, 5.41) is 0.379. The number of carbonyl (C=O) groups excluding carboxylic acids is 4. The van der Waals surface area contributed by atoms with Crippen molar-refractivity contribution in [2.75, 3.05) is 7.11 Å². The van der Waals surface area contributed by atoms with E-state index in [0.717, 1.165) is 5.56 Å². The van der Waals surface area contributed by atoms with Gasteiger partial charge in [0.15, 0.2) is 17.8 Å². The van der Waals surface area contributed by atoms with Crippen LogP contribution < -0.4 is 14.9 Å². The van der Waals surface area contributed by atoms with Gasteiger partial charge in [0.05, 0.1) is 28.9 Å². The highest BCUT2D eigenvalue weighted by Crippen LogP contribution is 2.68. The molecule has 1 aromatic heterocycles. The van der Waals surface area contributed by atoms with Crippen LogP contribution in [0.25, 0.3) is 21.9 Å². The number of hydrogen-bond donors (Lipinski definition) is 0. The highest BCUT2D eigenvalue weighted by atomic mass is 16.7. The molecule has 12 nitrogen and oxygen atoms in total. The number of esters is 4. The van der Waals surface area contributed by atoms with E-state index in [1.54, 1.807) is 45.9 Å². The van der Waals surface area contributed by atoms with Crippen LogP contribution in [0.5, 0.6) is 11.5 Å². The highest BCUT2D eigenvalue weighted by molar-refractivity contribution is 5.98. The molecule has 3 aliphatic heterocycles. The summed E-state index contributed by atoms with van der Waals surface area (Å²) in [6.45, 7) is 16.1. The van der Waals surface area contributed by atoms with E-state index >= 15 is 0 Å². The van der Waals surface area contributed by atoms with Gasteiger partial charge >= 0.3 is 23.9 Å². The topological polar surface area (TPSA) is 154 Å². The maximum atomic E-state index is 14.7. The number of hydrogen-bond acceptors (Lipinski definition) is 12. The number of aryl methyl sites for hydroxylation is 1. The van der Waals surface area contributed by atoms with Gasteiger partial charge < -0.3 is 32.8 Å². The van der Waals surface area contributed by atoms with Gasteiger partial charge in [0, 0.05) is 16.9 Å². The largest absolute Gasteiger partial charge is 0.496 e. The zero-order chi connectivity index (χ0) is 37.8. The summed E-state index contributed by atoms with van der Waals surface area (Å²) in [5.74, 6) is -2.27. The Morgan fingerprint density at radius 2 is 1.31 bits per heavy atom. The first kappa shape index (κ1) is 34.5. The van der Waals surface area contributed by atoms with Crippen molar-refractivity contribution in [2.24, 2.45) is 21.7 Å². The molecule has 2 aromatic carbocycles. The Morgan fingerprint density at radius 1 is 0.750 bits per heavy atom. The lowest BCUT2D eigenvalue weighted by Gasteiger charge is -2.46. The van der Waals surface area contributed by atoms with Crippen LogP contribution in [0, 0.1) is 28.6 Å². The Bertz CT molecular complexity index is 2230. The van der Waals surface area contributed by atoms with Crippen molar-refractivity contribution in [2.45, 2.75) is 117 Å². The summed E-state index contributed by atoms with van der Waals surface area (Å²) in [6, 6.07) is 6.72. The molecule has 2 unspecified atom stereocenters. The van der Waals surface area contributed by atoms with Crippen molar-refractivity contribution in [3.63, 3.8) is 0 Å². The average molecular weight is 717 g/mol. The molecule has 0 N–H and O–H groups in total. The molecule has 2 saturated heterocycles. The van der Waals surface area contributed by atoms with Gasteiger partial charge in [-0.1, -0.05) is 33.8 Å². The number of fused-ring (bicyclic) bond motifs is 8. The van der Waals surface area contributed by atoms with Gasteiger partial charge in [-0.2, -0.15) is 0 Å². The van der Waals surface area contributed by atoms with Crippen molar-refractivity contribution < 1.29 is 52.0 Å². The normalized spacial score (nSPS) is 34.4. The van der Waals surface area contributed by atoms with E-state index < -0.39 is 74.5 Å². The van der Waals surface area contributed by atoms with Crippen LogP contribution in [0.4, 0.5) is 0 Å². The molecule has 12 heteroatoms. The van der Waals surface area contributed by atoms with Crippen molar-refractivity contribution in [3.8, 4) is 11.5 Å². The third-order valence-electron chi connectivity index (χ3n) is 14.2. The molecular weight excluding hydrogens is 672 g/mol. The first-order valence-corrected chi connectivity index (χ1v) is 17.8. The Balaban J connectivity index is 1.34. The van der Waals surface area contributed by atoms with E-state index in [0.29, 0.717) is 18.2 Å². The maximum Gasteiger partial charge on any atom is 0.351 e.